The molecule has 0 amide bonds. The minimum atomic E-state index is -1.30. The van der Waals surface area contributed by atoms with E-state index in [1.807, 2.05) is 0 Å². The second-order valence-corrected chi connectivity index (χ2v) is 1.38. The standard InChI is InChI=1S/C5H3N2O2/c8-5(9)4-3-6-1-2-7-4/h1-3H. The number of carbonyl (C=O) groups is 1. The minimum Gasteiger partial charge on any atom is -0.261 e. The monoisotopic (exact) mass is 123 g/mol. The van der Waals surface area contributed by atoms with Gasteiger partial charge in [-0.3, -0.25) is 4.98 Å². The van der Waals surface area contributed by atoms with Crippen LogP contribution in [0.25, 0.3) is 0 Å². The molecule has 9 heavy (non-hydrogen) atoms. The molecule has 1 radical (unpaired) electrons. The predicted molar refractivity (Wildman–Crippen MR) is 27.0 cm³/mol. The molecule has 0 N–H and O–H groups in total. The Bertz CT molecular complexity index is 209. The Labute approximate surface area is 51.2 Å². The van der Waals surface area contributed by atoms with E-state index in [-0.39, 0.29) is 5.69 Å². The summed E-state index contributed by atoms with van der Waals surface area (Å²) < 4.78 is 0. The lowest BCUT2D eigenvalue weighted by Crippen LogP contribution is -1.97. The number of rotatable bonds is 1. The van der Waals surface area contributed by atoms with Gasteiger partial charge in [0.25, 0.3) is 0 Å². The van der Waals surface area contributed by atoms with Gasteiger partial charge in [0.1, 0.15) is 0 Å². The van der Waals surface area contributed by atoms with Gasteiger partial charge in [0.15, 0.2) is 5.69 Å². The fourth-order valence-corrected chi connectivity index (χ4v) is 0.405. The maximum absolute atomic E-state index is 9.99. The van der Waals surface area contributed by atoms with Crippen LogP contribution in [0.5, 0.6) is 0 Å². The summed E-state index contributed by atoms with van der Waals surface area (Å²) in [4.78, 5) is 17.0. The van der Waals surface area contributed by atoms with Crippen LogP contribution in [0.15, 0.2) is 18.6 Å². The van der Waals surface area contributed by atoms with E-state index >= 15 is 0 Å². The van der Waals surface area contributed by atoms with Crippen LogP contribution in [0.2, 0.25) is 0 Å². The van der Waals surface area contributed by atoms with E-state index in [1.54, 1.807) is 0 Å². The van der Waals surface area contributed by atoms with E-state index in [2.05, 4.69) is 9.97 Å². The lowest BCUT2D eigenvalue weighted by Gasteiger charge is -1.84. The van der Waals surface area contributed by atoms with Crippen LogP contribution in [-0.2, 0) is 5.11 Å². The van der Waals surface area contributed by atoms with Crippen molar-refractivity contribution in [1.82, 2.24) is 9.97 Å². The molecule has 4 heteroatoms. The Morgan fingerprint density at radius 1 is 1.44 bits per heavy atom. The highest BCUT2D eigenvalue weighted by molar-refractivity contribution is 5.84. The summed E-state index contributed by atoms with van der Waals surface area (Å²) >= 11 is 0. The molecule has 0 aliphatic carbocycles. The first-order valence-electron chi connectivity index (χ1n) is 2.28. The molecule has 1 aromatic rings. The first-order chi connectivity index (χ1) is 4.30. The van der Waals surface area contributed by atoms with Crippen molar-refractivity contribution >= 4 is 5.97 Å². The largest absolute Gasteiger partial charge is 0.406 e. The van der Waals surface area contributed by atoms with Crippen LogP contribution >= 0.6 is 0 Å². The molecule has 0 aliphatic rings. The summed E-state index contributed by atoms with van der Waals surface area (Å²) in [6, 6.07) is 0. The van der Waals surface area contributed by atoms with Crippen molar-refractivity contribution in [3.05, 3.63) is 24.3 Å². The zero-order valence-electron chi connectivity index (χ0n) is 4.44. The van der Waals surface area contributed by atoms with Gasteiger partial charge in [-0.15, -0.1) is 0 Å². The van der Waals surface area contributed by atoms with Crippen molar-refractivity contribution in [3.63, 3.8) is 0 Å². The normalized spacial score (nSPS) is 8.89. The summed E-state index contributed by atoms with van der Waals surface area (Å²) in [5.74, 6) is -1.30. The molecule has 0 aromatic carbocycles. The zero-order valence-corrected chi connectivity index (χ0v) is 4.44. The van der Waals surface area contributed by atoms with Crippen molar-refractivity contribution in [2.75, 3.05) is 0 Å². The molecule has 0 spiro atoms. The van der Waals surface area contributed by atoms with Crippen LogP contribution in [0.1, 0.15) is 10.5 Å². The molecule has 1 aromatic heterocycles. The lowest BCUT2D eigenvalue weighted by molar-refractivity contribution is 0.0565. The summed E-state index contributed by atoms with van der Waals surface area (Å²) in [6.07, 6.45) is 3.83. The highest BCUT2D eigenvalue weighted by Crippen LogP contribution is 1.87. The van der Waals surface area contributed by atoms with Crippen molar-refractivity contribution in [2.45, 2.75) is 0 Å². The molecule has 0 unspecified atom stereocenters. The highest BCUT2D eigenvalue weighted by Gasteiger charge is 2.03. The molecule has 45 valence electrons. The van der Waals surface area contributed by atoms with Gasteiger partial charge in [0.05, 0.1) is 6.20 Å². The second kappa shape index (κ2) is 2.21. The molecule has 0 saturated carbocycles. The number of aromatic nitrogens is 2. The smallest absolute Gasteiger partial charge is 0.261 e. The van der Waals surface area contributed by atoms with E-state index in [0.29, 0.717) is 0 Å². The van der Waals surface area contributed by atoms with Crippen LogP contribution in [0, 0.1) is 0 Å². The Kier molecular flexibility index (Phi) is 1.40. The highest BCUT2D eigenvalue weighted by atomic mass is 16.4. The Hall–Kier alpha value is -1.45. The van der Waals surface area contributed by atoms with Gasteiger partial charge in [0.2, 0.25) is 0 Å². The number of carbonyl (C=O) groups excluding carboxylic acids is 1. The fraction of sp³-hybridized carbons (Fsp3) is 0. The summed E-state index contributed by atoms with van der Waals surface area (Å²) in [7, 11) is 0. The molecule has 1 rings (SSSR count). The summed E-state index contributed by atoms with van der Waals surface area (Å²) in [6.45, 7) is 0. The van der Waals surface area contributed by atoms with E-state index in [1.165, 1.54) is 12.4 Å². The van der Waals surface area contributed by atoms with Crippen molar-refractivity contribution in [2.24, 2.45) is 0 Å². The molecule has 4 nitrogen and oxygen atoms in total. The van der Waals surface area contributed by atoms with Gasteiger partial charge in [-0.25, -0.2) is 14.9 Å². The van der Waals surface area contributed by atoms with Crippen LogP contribution in [0.4, 0.5) is 0 Å². The molecule has 0 atom stereocenters. The lowest BCUT2D eigenvalue weighted by atomic mass is 10.5. The van der Waals surface area contributed by atoms with Crippen molar-refractivity contribution in [1.29, 1.82) is 0 Å². The Morgan fingerprint density at radius 2 is 2.22 bits per heavy atom. The maximum Gasteiger partial charge on any atom is 0.406 e. The maximum atomic E-state index is 9.99. The van der Waals surface area contributed by atoms with Gasteiger partial charge in [-0.1, -0.05) is 0 Å². The van der Waals surface area contributed by atoms with Gasteiger partial charge >= 0.3 is 5.97 Å². The third-order valence-corrected chi connectivity index (χ3v) is 0.772. The van der Waals surface area contributed by atoms with Gasteiger partial charge in [-0.05, 0) is 0 Å². The average molecular weight is 123 g/mol. The molecule has 1 heterocycles. The van der Waals surface area contributed by atoms with Gasteiger partial charge in [0, 0.05) is 12.4 Å². The topological polar surface area (TPSA) is 62.8 Å². The van der Waals surface area contributed by atoms with Crippen molar-refractivity contribution in [3.8, 4) is 0 Å². The third-order valence-electron chi connectivity index (χ3n) is 0.772. The minimum absolute atomic E-state index is 0.141. The van der Waals surface area contributed by atoms with E-state index in [4.69, 9.17) is 0 Å². The fourth-order valence-electron chi connectivity index (χ4n) is 0.405. The van der Waals surface area contributed by atoms with Crippen LogP contribution in [-0.4, -0.2) is 15.9 Å². The molecule has 0 saturated heterocycles. The summed E-state index contributed by atoms with van der Waals surface area (Å²) in [5, 5.41) is 9.99. The van der Waals surface area contributed by atoms with E-state index in [0.717, 1.165) is 6.20 Å². The first-order valence-corrected chi connectivity index (χ1v) is 2.28. The third kappa shape index (κ3) is 1.22. The average Bonchev–Trinajstić information content (AvgIpc) is 1.90. The Balaban J connectivity index is 2.98. The number of hydrogen-bond donors (Lipinski definition) is 0. The SMILES string of the molecule is [O]C(=O)c1cnccn1. The Morgan fingerprint density at radius 3 is 2.56 bits per heavy atom. The quantitative estimate of drug-likeness (QED) is 0.529. The van der Waals surface area contributed by atoms with E-state index in [9.17, 15) is 9.90 Å². The first kappa shape index (κ1) is 5.68. The van der Waals surface area contributed by atoms with Gasteiger partial charge < -0.3 is 0 Å². The molecular weight excluding hydrogens is 120 g/mol. The van der Waals surface area contributed by atoms with E-state index < -0.39 is 5.97 Å². The van der Waals surface area contributed by atoms with Crippen LogP contribution in [0.3, 0.4) is 0 Å². The molecule has 0 fully saturated rings. The van der Waals surface area contributed by atoms with Gasteiger partial charge in [-0.2, -0.15) is 0 Å². The van der Waals surface area contributed by atoms with Crippen LogP contribution < -0.4 is 0 Å². The molecular formula is C5H3N2O2. The van der Waals surface area contributed by atoms with Crippen molar-refractivity contribution < 1.29 is 9.90 Å². The predicted octanol–water partition coefficient (Wildman–Crippen LogP) is 0.0473. The summed E-state index contributed by atoms with van der Waals surface area (Å²) in [5.41, 5.74) is -0.141. The molecule has 0 aliphatic heterocycles. The number of nitrogens with zero attached hydrogens (tertiary/aromatic N) is 2. The molecule has 0 bridgehead atoms. The number of hydrogen-bond acceptors (Lipinski definition) is 3. The second-order valence-electron chi connectivity index (χ2n) is 1.38. The zero-order chi connectivity index (χ0) is 6.69.